The number of fused-ring (bicyclic) bond motifs is 1. The molecule has 2 nitrogen and oxygen atoms in total. The van der Waals surface area contributed by atoms with E-state index in [1.165, 1.54) is 25.3 Å². The van der Waals surface area contributed by atoms with Crippen LogP contribution in [0.3, 0.4) is 0 Å². The first-order valence-corrected chi connectivity index (χ1v) is 6.47. The molecule has 1 aromatic rings. The van der Waals surface area contributed by atoms with E-state index in [1.807, 2.05) is 6.07 Å². The van der Waals surface area contributed by atoms with Gasteiger partial charge < -0.3 is 10.1 Å². The van der Waals surface area contributed by atoms with Gasteiger partial charge in [-0.1, -0.05) is 18.6 Å². The highest BCUT2D eigenvalue weighted by Gasteiger charge is 2.26. The molecule has 0 spiro atoms. The van der Waals surface area contributed by atoms with E-state index in [2.05, 4.69) is 5.32 Å². The molecule has 100 valence electrons. The molecule has 0 saturated heterocycles. The summed E-state index contributed by atoms with van der Waals surface area (Å²) in [6.07, 6.45) is 4.52. The number of benzene rings is 1. The van der Waals surface area contributed by atoms with E-state index in [4.69, 9.17) is 4.74 Å². The van der Waals surface area contributed by atoms with Gasteiger partial charge in [-0.05, 0) is 30.9 Å². The Labute approximate surface area is 113 Å². The number of hydrogen-bond donors (Lipinski definition) is 1. The van der Waals surface area contributed by atoms with Crippen LogP contribution in [0.15, 0.2) is 18.2 Å². The smallest absolute Gasteiger partial charge is 0.129 e. The van der Waals surface area contributed by atoms with Crippen LogP contribution in [0.5, 0.6) is 0 Å². The van der Waals surface area contributed by atoms with Crippen LogP contribution >= 0.6 is 12.4 Å². The minimum atomic E-state index is -0.123. The van der Waals surface area contributed by atoms with Gasteiger partial charge in [-0.2, -0.15) is 0 Å². The third-order valence-electron chi connectivity index (χ3n) is 3.85. The molecule has 1 aliphatic heterocycles. The number of ether oxygens (including phenoxy) is 1. The van der Waals surface area contributed by atoms with E-state index in [1.54, 1.807) is 6.07 Å². The van der Waals surface area contributed by atoms with E-state index in [-0.39, 0.29) is 24.3 Å². The second-order valence-corrected chi connectivity index (χ2v) is 4.96. The summed E-state index contributed by atoms with van der Waals surface area (Å²) in [5.74, 6) is -0.123. The van der Waals surface area contributed by atoms with Crippen molar-refractivity contribution in [2.75, 3.05) is 13.2 Å². The van der Waals surface area contributed by atoms with Crippen LogP contribution in [0.4, 0.5) is 4.39 Å². The van der Waals surface area contributed by atoms with Gasteiger partial charge in [-0.25, -0.2) is 4.39 Å². The van der Waals surface area contributed by atoms with Crippen molar-refractivity contribution in [3.63, 3.8) is 0 Å². The molecule has 3 rings (SSSR count). The molecular weight excluding hydrogens is 253 g/mol. The van der Waals surface area contributed by atoms with Gasteiger partial charge in [0.05, 0.1) is 12.7 Å². The van der Waals surface area contributed by atoms with Crippen molar-refractivity contribution in [2.45, 2.75) is 37.8 Å². The van der Waals surface area contributed by atoms with Gasteiger partial charge in [0, 0.05) is 18.2 Å². The molecule has 1 aliphatic carbocycles. The fraction of sp³-hybridized carbons (Fsp3) is 0.571. The SMILES string of the molecule is Cl.Fc1cccc2c1C(CNC1CCC1)OCC2. The van der Waals surface area contributed by atoms with Crippen molar-refractivity contribution >= 4 is 12.4 Å². The summed E-state index contributed by atoms with van der Waals surface area (Å²) in [6.45, 7) is 1.44. The second-order valence-electron chi connectivity index (χ2n) is 4.96. The van der Waals surface area contributed by atoms with Gasteiger partial charge in [0.1, 0.15) is 5.82 Å². The average molecular weight is 272 g/mol. The maximum atomic E-state index is 13.8. The zero-order valence-corrected chi connectivity index (χ0v) is 11.1. The largest absolute Gasteiger partial charge is 0.372 e. The summed E-state index contributed by atoms with van der Waals surface area (Å²) in [7, 11) is 0. The number of hydrogen-bond acceptors (Lipinski definition) is 2. The highest BCUT2D eigenvalue weighted by atomic mass is 35.5. The maximum absolute atomic E-state index is 13.8. The van der Waals surface area contributed by atoms with Crippen LogP contribution in [0.25, 0.3) is 0 Å². The molecule has 0 bridgehead atoms. The molecule has 0 aromatic heterocycles. The first-order valence-electron chi connectivity index (χ1n) is 6.47. The average Bonchev–Trinajstić information content (AvgIpc) is 2.27. The van der Waals surface area contributed by atoms with Gasteiger partial charge in [0.15, 0.2) is 0 Å². The molecule has 1 fully saturated rings. The predicted molar refractivity (Wildman–Crippen MR) is 71.7 cm³/mol. The fourth-order valence-electron chi connectivity index (χ4n) is 2.60. The lowest BCUT2D eigenvalue weighted by atomic mass is 9.92. The van der Waals surface area contributed by atoms with E-state index < -0.39 is 0 Å². The molecule has 1 saturated carbocycles. The van der Waals surface area contributed by atoms with Crippen molar-refractivity contribution in [1.29, 1.82) is 0 Å². The van der Waals surface area contributed by atoms with E-state index in [0.717, 1.165) is 24.1 Å². The Hall–Kier alpha value is -0.640. The summed E-state index contributed by atoms with van der Waals surface area (Å²) >= 11 is 0. The van der Waals surface area contributed by atoms with Gasteiger partial charge in [-0.15, -0.1) is 12.4 Å². The Morgan fingerprint density at radius 2 is 2.17 bits per heavy atom. The lowest BCUT2D eigenvalue weighted by Gasteiger charge is -2.31. The fourth-order valence-corrected chi connectivity index (χ4v) is 2.60. The third kappa shape index (κ3) is 2.68. The van der Waals surface area contributed by atoms with Crippen molar-refractivity contribution in [3.05, 3.63) is 35.1 Å². The lowest BCUT2D eigenvalue weighted by molar-refractivity contribution is 0.0358. The zero-order valence-electron chi connectivity index (χ0n) is 10.3. The standard InChI is InChI=1S/C14H18FNO.ClH/c15-12-6-1-3-10-7-8-17-13(14(10)12)9-16-11-4-2-5-11;/h1,3,6,11,13,16H,2,4-5,7-9H2;1H. The molecule has 0 amide bonds. The Kier molecular flexibility index (Phi) is 4.60. The van der Waals surface area contributed by atoms with Crippen LogP contribution in [0, 0.1) is 5.82 Å². The highest BCUT2D eigenvalue weighted by molar-refractivity contribution is 5.85. The molecule has 1 heterocycles. The highest BCUT2D eigenvalue weighted by Crippen LogP contribution is 2.29. The van der Waals surface area contributed by atoms with E-state index in [0.29, 0.717) is 12.6 Å². The van der Waals surface area contributed by atoms with Gasteiger partial charge >= 0.3 is 0 Å². The monoisotopic (exact) mass is 271 g/mol. The lowest BCUT2D eigenvalue weighted by Crippen LogP contribution is -2.39. The second kappa shape index (κ2) is 6.00. The van der Waals surface area contributed by atoms with Crippen LogP contribution in [0.1, 0.15) is 36.5 Å². The Morgan fingerprint density at radius 3 is 2.89 bits per heavy atom. The third-order valence-corrected chi connectivity index (χ3v) is 3.85. The Morgan fingerprint density at radius 1 is 1.33 bits per heavy atom. The molecule has 1 N–H and O–H groups in total. The number of rotatable bonds is 3. The predicted octanol–water partition coefficient (Wildman–Crippen LogP) is 3.00. The summed E-state index contributed by atoms with van der Waals surface area (Å²) in [5.41, 5.74) is 1.88. The Bertz CT molecular complexity index is 409. The van der Waals surface area contributed by atoms with Crippen LogP contribution in [0.2, 0.25) is 0 Å². The van der Waals surface area contributed by atoms with Crippen molar-refractivity contribution in [3.8, 4) is 0 Å². The summed E-state index contributed by atoms with van der Waals surface area (Å²) < 4.78 is 19.5. The van der Waals surface area contributed by atoms with Gasteiger partial charge in [-0.3, -0.25) is 0 Å². The van der Waals surface area contributed by atoms with Crippen molar-refractivity contribution in [2.24, 2.45) is 0 Å². The molecule has 1 aromatic carbocycles. The normalized spacial score (nSPS) is 22.8. The summed E-state index contributed by atoms with van der Waals surface area (Å²) in [4.78, 5) is 0. The molecular formula is C14H19ClFNO. The molecule has 18 heavy (non-hydrogen) atoms. The molecule has 0 radical (unpaired) electrons. The van der Waals surface area contributed by atoms with E-state index >= 15 is 0 Å². The first-order chi connectivity index (χ1) is 8.34. The van der Waals surface area contributed by atoms with Crippen LogP contribution in [-0.4, -0.2) is 19.2 Å². The molecule has 1 unspecified atom stereocenters. The topological polar surface area (TPSA) is 21.3 Å². The quantitative estimate of drug-likeness (QED) is 0.913. The Balaban J connectivity index is 0.00000120. The number of halogens is 2. The first kappa shape index (κ1) is 13.8. The molecule has 4 heteroatoms. The summed E-state index contributed by atoms with van der Waals surface area (Å²) in [5, 5.41) is 3.47. The number of nitrogens with one attached hydrogen (secondary N) is 1. The van der Waals surface area contributed by atoms with Crippen molar-refractivity contribution in [1.82, 2.24) is 5.32 Å². The van der Waals surface area contributed by atoms with Crippen LogP contribution < -0.4 is 5.32 Å². The van der Waals surface area contributed by atoms with Crippen LogP contribution in [-0.2, 0) is 11.2 Å². The maximum Gasteiger partial charge on any atom is 0.129 e. The zero-order chi connectivity index (χ0) is 11.7. The molecule has 1 atom stereocenters. The van der Waals surface area contributed by atoms with Gasteiger partial charge in [0.2, 0.25) is 0 Å². The van der Waals surface area contributed by atoms with Gasteiger partial charge in [0.25, 0.3) is 0 Å². The van der Waals surface area contributed by atoms with E-state index in [9.17, 15) is 4.39 Å². The minimum absolute atomic E-state index is 0. The minimum Gasteiger partial charge on any atom is -0.372 e. The molecule has 2 aliphatic rings. The van der Waals surface area contributed by atoms with Crippen molar-refractivity contribution < 1.29 is 9.13 Å². The summed E-state index contributed by atoms with van der Waals surface area (Å²) in [6, 6.07) is 5.95.